The van der Waals surface area contributed by atoms with E-state index in [-0.39, 0.29) is 17.5 Å². The minimum absolute atomic E-state index is 0.254. The average molecular weight is 307 g/mol. The number of alkyl halides is 1. The molecular formula is C16H13ClF2N2. The van der Waals surface area contributed by atoms with Gasteiger partial charge in [0.05, 0.1) is 16.9 Å². The molecule has 1 aromatic heterocycles. The normalized spacial score (nSPS) is 11.2. The molecule has 5 heteroatoms. The van der Waals surface area contributed by atoms with Gasteiger partial charge in [-0.2, -0.15) is 0 Å². The summed E-state index contributed by atoms with van der Waals surface area (Å²) < 4.78 is 28.2. The van der Waals surface area contributed by atoms with Gasteiger partial charge in [-0.05, 0) is 42.3 Å². The van der Waals surface area contributed by atoms with Gasteiger partial charge >= 0.3 is 0 Å². The molecule has 108 valence electrons. The second-order valence-corrected chi connectivity index (χ2v) is 5.09. The molecule has 0 bridgehead atoms. The van der Waals surface area contributed by atoms with Crippen LogP contribution in [0.4, 0.5) is 8.78 Å². The third-order valence-corrected chi connectivity index (χ3v) is 3.69. The lowest BCUT2D eigenvalue weighted by Crippen LogP contribution is -2.05. The number of hydrogen-bond donors (Lipinski definition) is 0. The van der Waals surface area contributed by atoms with Gasteiger partial charge in [0.2, 0.25) is 0 Å². The number of hydrogen-bond acceptors (Lipinski definition) is 1. The molecule has 3 rings (SSSR count). The van der Waals surface area contributed by atoms with Crippen LogP contribution in [-0.4, -0.2) is 9.55 Å². The molecular weight excluding hydrogens is 294 g/mol. The van der Waals surface area contributed by atoms with Crippen molar-refractivity contribution in [3.05, 3.63) is 65.5 Å². The molecule has 1 heterocycles. The molecule has 0 aliphatic rings. The Bertz CT molecular complexity index is 766. The molecule has 0 unspecified atom stereocenters. The predicted octanol–water partition coefficient (Wildman–Crippen LogP) is 4.30. The van der Waals surface area contributed by atoms with E-state index in [0.717, 1.165) is 16.6 Å². The third kappa shape index (κ3) is 2.90. The highest BCUT2D eigenvalue weighted by Crippen LogP contribution is 2.19. The first-order chi connectivity index (χ1) is 10.2. The van der Waals surface area contributed by atoms with Crippen LogP contribution in [0.3, 0.4) is 0 Å². The molecule has 0 N–H and O–H groups in total. The van der Waals surface area contributed by atoms with E-state index < -0.39 is 0 Å². The topological polar surface area (TPSA) is 17.8 Å². The van der Waals surface area contributed by atoms with Crippen molar-refractivity contribution in [1.82, 2.24) is 9.55 Å². The maximum atomic E-state index is 13.4. The zero-order valence-corrected chi connectivity index (χ0v) is 11.9. The minimum Gasteiger partial charge on any atom is -0.327 e. The number of nitrogens with zero attached hydrogens (tertiary/aromatic N) is 2. The molecule has 2 aromatic carbocycles. The Kier molecular flexibility index (Phi) is 3.88. The number of aryl methyl sites for hydroxylation is 2. The number of benzene rings is 2. The van der Waals surface area contributed by atoms with E-state index in [9.17, 15) is 8.78 Å². The fraction of sp³-hybridized carbons (Fsp3) is 0.188. The summed E-state index contributed by atoms with van der Waals surface area (Å²) in [4.78, 5) is 4.40. The molecule has 0 saturated carbocycles. The fourth-order valence-electron chi connectivity index (χ4n) is 2.39. The van der Waals surface area contributed by atoms with Crippen LogP contribution in [0.5, 0.6) is 0 Å². The summed E-state index contributed by atoms with van der Waals surface area (Å²) in [6.07, 6.45) is 0.701. The van der Waals surface area contributed by atoms with E-state index in [1.165, 1.54) is 24.3 Å². The van der Waals surface area contributed by atoms with Gasteiger partial charge in [-0.25, -0.2) is 13.8 Å². The number of fused-ring (bicyclic) bond motifs is 1. The SMILES string of the molecule is Fc1ccc(CCn2c(CCl)nc3ccc(F)cc32)cc1. The quantitative estimate of drug-likeness (QED) is 0.657. The van der Waals surface area contributed by atoms with Gasteiger partial charge in [0, 0.05) is 6.54 Å². The molecule has 0 saturated heterocycles. The summed E-state index contributed by atoms with van der Waals surface area (Å²) in [7, 11) is 0. The second-order valence-electron chi connectivity index (χ2n) is 4.82. The van der Waals surface area contributed by atoms with Crippen molar-refractivity contribution in [2.24, 2.45) is 0 Å². The average Bonchev–Trinajstić information content (AvgIpc) is 2.84. The Morgan fingerprint density at radius 1 is 1.00 bits per heavy atom. The van der Waals surface area contributed by atoms with Crippen molar-refractivity contribution < 1.29 is 8.78 Å². The molecule has 21 heavy (non-hydrogen) atoms. The highest BCUT2D eigenvalue weighted by atomic mass is 35.5. The Labute approximate surface area is 126 Å². The summed E-state index contributed by atoms with van der Waals surface area (Å²) >= 11 is 5.92. The largest absolute Gasteiger partial charge is 0.327 e. The lowest BCUT2D eigenvalue weighted by atomic mass is 10.1. The van der Waals surface area contributed by atoms with Crippen LogP contribution in [0.25, 0.3) is 11.0 Å². The molecule has 0 aliphatic carbocycles. The standard InChI is InChI=1S/C16H13ClF2N2/c17-10-16-20-14-6-5-13(19)9-15(14)21(16)8-7-11-1-3-12(18)4-2-11/h1-6,9H,7-8,10H2. The van der Waals surface area contributed by atoms with E-state index in [0.29, 0.717) is 18.8 Å². The van der Waals surface area contributed by atoms with E-state index in [1.54, 1.807) is 18.2 Å². The van der Waals surface area contributed by atoms with Gasteiger partial charge in [0.25, 0.3) is 0 Å². The Morgan fingerprint density at radius 3 is 2.43 bits per heavy atom. The maximum Gasteiger partial charge on any atom is 0.125 e. The first-order valence-electron chi connectivity index (χ1n) is 6.62. The summed E-state index contributed by atoms with van der Waals surface area (Å²) in [6, 6.07) is 10.9. The number of halogens is 3. The highest BCUT2D eigenvalue weighted by molar-refractivity contribution is 6.16. The summed E-state index contributed by atoms with van der Waals surface area (Å²) in [5.41, 5.74) is 2.47. The van der Waals surface area contributed by atoms with Crippen LogP contribution in [0, 0.1) is 11.6 Å². The third-order valence-electron chi connectivity index (χ3n) is 3.45. The van der Waals surface area contributed by atoms with Crippen molar-refractivity contribution in [2.45, 2.75) is 18.8 Å². The molecule has 0 radical (unpaired) electrons. The zero-order chi connectivity index (χ0) is 14.8. The van der Waals surface area contributed by atoms with Gasteiger partial charge in [-0.1, -0.05) is 12.1 Å². The van der Waals surface area contributed by atoms with E-state index in [1.807, 2.05) is 4.57 Å². The van der Waals surface area contributed by atoms with Crippen molar-refractivity contribution in [2.75, 3.05) is 0 Å². The van der Waals surface area contributed by atoms with Crippen LogP contribution in [0.2, 0.25) is 0 Å². The highest BCUT2D eigenvalue weighted by Gasteiger charge is 2.10. The van der Waals surface area contributed by atoms with Gasteiger partial charge in [-0.3, -0.25) is 0 Å². The van der Waals surface area contributed by atoms with Crippen LogP contribution < -0.4 is 0 Å². The fourth-order valence-corrected chi connectivity index (χ4v) is 2.59. The second kappa shape index (κ2) is 5.82. The summed E-state index contributed by atoms with van der Waals surface area (Å²) in [5.74, 6) is 0.418. The van der Waals surface area contributed by atoms with Crippen LogP contribution >= 0.6 is 11.6 Å². The first kappa shape index (κ1) is 14.0. The Balaban J connectivity index is 1.91. The zero-order valence-electron chi connectivity index (χ0n) is 11.2. The van der Waals surface area contributed by atoms with E-state index in [2.05, 4.69) is 4.98 Å². The molecule has 3 aromatic rings. The van der Waals surface area contributed by atoms with Gasteiger partial charge in [-0.15, -0.1) is 11.6 Å². The lowest BCUT2D eigenvalue weighted by molar-refractivity contribution is 0.623. The van der Waals surface area contributed by atoms with Crippen molar-refractivity contribution >= 4 is 22.6 Å². The summed E-state index contributed by atoms with van der Waals surface area (Å²) in [5, 5.41) is 0. The molecule has 2 nitrogen and oxygen atoms in total. The van der Waals surface area contributed by atoms with Crippen molar-refractivity contribution in [3.8, 4) is 0 Å². The monoisotopic (exact) mass is 306 g/mol. The number of imidazole rings is 1. The first-order valence-corrected chi connectivity index (χ1v) is 7.16. The van der Waals surface area contributed by atoms with Gasteiger partial charge < -0.3 is 4.57 Å². The molecule has 0 amide bonds. The minimum atomic E-state index is -0.299. The van der Waals surface area contributed by atoms with Crippen molar-refractivity contribution in [3.63, 3.8) is 0 Å². The van der Waals surface area contributed by atoms with Gasteiger partial charge in [0.1, 0.15) is 17.5 Å². The lowest BCUT2D eigenvalue weighted by Gasteiger charge is -2.08. The molecule has 0 fully saturated rings. The van der Waals surface area contributed by atoms with Gasteiger partial charge in [0.15, 0.2) is 0 Å². The number of aromatic nitrogens is 2. The smallest absolute Gasteiger partial charge is 0.125 e. The van der Waals surface area contributed by atoms with E-state index >= 15 is 0 Å². The Hall–Kier alpha value is -1.94. The molecule has 0 spiro atoms. The van der Waals surface area contributed by atoms with E-state index in [4.69, 9.17) is 11.6 Å². The van der Waals surface area contributed by atoms with Crippen LogP contribution in [0.15, 0.2) is 42.5 Å². The predicted molar refractivity (Wildman–Crippen MR) is 79.4 cm³/mol. The molecule has 0 atom stereocenters. The van der Waals surface area contributed by atoms with Crippen LogP contribution in [-0.2, 0) is 18.8 Å². The molecule has 0 aliphatic heterocycles. The van der Waals surface area contributed by atoms with Crippen molar-refractivity contribution in [1.29, 1.82) is 0 Å². The number of rotatable bonds is 4. The Morgan fingerprint density at radius 2 is 1.71 bits per heavy atom. The summed E-state index contributed by atoms with van der Waals surface area (Å²) in [6.45, 7) is 0.619. The van der Waals surface area contributed by atoms with Crippen LogP contribution in [0.1, 0.15) is 11.4 Å². The maximum absolute atomic E-state index is 13.4.